The largest absolute Gasteiger partial charge is 0.336 e. The highest BCUT2D eigenvalue weighted by Gasteiger charge is 2.17. The number of quaternary nitrogens is 1. The van der Waals surface area contributed by atoms with E-state index in [2.05, 4.69) is 10.6 Å². The molecule has 1 unspecified atom stereocenters. The molecule has 1 rings (SSSR count). The molecule has 7 heteroatoms. The fourth-order valence-electron chi connectivity index (χ4n) is 1.81. The number of rotatable bonds is 5. The summed E-state index contributed by atoms with van der Waals surface area (Å²) in [5.41, 5.74) is 0.357. The normalized spacial score (nSPS) is 12.1. The van der Waals surface area contributed by atoms with Crippen LogP contribution in [-0.2, 0) is 11.3 Å². The number of carbonyl (C=O) groups is 2. The third-order valence-electron chi connectivity index (χ3n) is 2.68. The molecule has 0 aromatic heterocycles. The topological polar surface area (TPSA) is 62.6 Å². The van der Waals surface area contributed by atoms with Crippen molar-refractivity contribution in [1.29, 1.82) is 0 Å². The maximum atomic E-state index is 13.6. The summed E-state index contributed by atoms with van der Waals surface area (Å²) in [6.07, 6.45) is 0. The highest BCUT2D eigenvalue weighted by Crippen LogP contribution is 2.17. The third kappa shape index (κ3) is 6.10. The molecule has 0 aliphatic carbocycles. The maximum absolute atomic E-state index is 13.6. The monoisotopic (exact) mass is 316 g/mol. The van der Waals surface area contributed by atoms with Crippen LogP contribution in [0.3, 0.4) is 0 Å². The smallest absolute Gasteiger partial charge is 0.321 e. The Hall–Kier alpha value is -1.66. The van der Waals surface area contributed by atoms with E-state index >= 15 is 0 Å². The van der Waals surface area contributed by atoms with Crippen LogP contribution in [0.4, 0.5) is 9.18 Å². The van der Waals surface area contributed by atoms with Crippen molar-refractivity contribution in [2.24, 2.45) is 0 Å². The van der Waals surface area contributed by atoms with Crippen molar-refractivity contribution in [3.8, 4) is 0 Å². The summed E-state index contributed by atoms with van der Waals surface area (Å²) in [4.78, 5) is 23.8. The second kappa shape index (κ2) is 7.95. The van der Waals surface area contributed by atoms with Gasteiger partial charge in [0.1, 0.15) is 12.4 Å². The van der Waals surface area contributed by atoms with Crippen LogP contribution in [0.15, 0.2) is 18.2 Å². The van der Waals surface area contributed by atoms with E-state index in [0.717, 1.165) is 4.90 Å². The summed E-state index contributed by atoms with van der Waals surface area (Å²) in [5, 5.41) is 5.10. The van der Waals surface area contributed by atoms with Gasteiger partial charge in [-0.3, -0.25) is 10.1 Å². The Morgan fingerprint density at radius 2 is 2.05 bits per heavy atom. The summed E-state index contributed by atoms with van der Waals surface area (Å²) in [5.74, 6) is -0.835. The average Bonchev–Trinajstić information content (AvgIpc) is 2.32. The molecule has 0 heterocycles. The molecule has 5 nitrogen and oxygen atoms in total. The molecule has 0 bridgehead atoms. The number of urea groups is 1. The number of likely N-dealkylation sites (N-methyl/N-ethyl adjacent to an activating group) is 1. The molecule has 3 N–H and O–H groups in total. The first-order chi connectivity index (χ1) is 9.79. The molecule has 0 spiro atoms. The van der Waals surface area contributed by atoms with Crippen molar-refractivity contribution < 1.29 is 18.9 Å². The van der Waals surface area contributed by atoms with E-state index in [0.29, 0.717) is 10.6 Å². The molecule has 0 saturated carbocycles. The predicted octanol–water partition coefficient (Wildman–Crippen LogP) is 0.728. The van der Waals surface area contributed by atoms with Gasteiger partial charge in [0, 0.05) is 6.04 Å². The molecular formula is C14H20ClFN3O2+. The van der Waals surface area contributed by atoms with E-state index in [9.17, 15) is 14.0 Å². The van der Waals surface area contributed by atoms with Gasteiger partial charge in [0.2, 0.25) is 0 Å². The first kappa shape index (κ1) is 17.4. The van der Waals surface area contributed by atoms with Gasteiger partial charge in [-0.2, -0.15) is 0 Å². The summed E-state index contributed by atoms with van der Waals surface area (Å²) >= 11 is 5.93. The minimum atomic E-state index is -0.535. The Labute approximate surface area is 128 Å². The number of amides is 3. The van der Waals surface area contributed by atoms with Gasteiger partial charge in [0.05, 0.1) is 17.6 Å². The molecule has 1 aromatic rings. The van der Waals surface area contributed by atoms with Crippen LogP contribution in [-0.4, -0.2) is 31.6 Å². The number of carbonyl (C=O) groups excluding carboxylic acids is 2. The molecule has 0 aliphatic heterocycles. The lowest BCUT2D eigenvalue weighted by atomic mass is 10.2. The van der Waals surface area contributed by atoms with Gasteiger partial charge >= 0.3 is 6.03 Å². The van der Waals surface area contributed by atoms with Crippen molar-refractivity contribution in [2.75, 3.05) is 13.6 Å². The zero-order chi connectivity index (χ0) is 16.0. The second-order valence-corrected chi connectivity index (χ2v) is 5.59. The van der Waals surface area contributed by atoms with E-state index in [1.807, 2.05) is 0 Å². The molecule has 1 atom stereocenters. The lowest BCUT2D eigenvalue weighted by Crippen LogP contribution is -3.09. The van der Waals surface area contributed by atoms with Gasteiger partial charge in [-0.05, 0) is 26.0 Å². The lowest BCUT2D eigenvalue weighted by molar-refractivity contribution is -0.885. The standard InChI is InChI=1S/C14H19ClFN3O2/c1-9(2)17-14(21)18-13(20)8-19(3)7-10-11(15)5-4-6-12(10)16/h4-6,9H,7-8H2,1-3H3,(H2,17,18,20,21)/p+1. The second-order valence-electron chi connectivity index (χ2n) is 5.19. The van der Waals surface area contributed by atoms with Crippen molar-refractivity contribution in [3.05, 3.63) is 34.6 Å². The predicted molar refractivity (Wildman–Crippen MR) is 78.7 cm³/mol. The summed E-state index contributed by atoms with van der Waals surface area (Å²) in [6, 6.07) is 3.86. The molecule has 3 amide bonds. The van der Waals surface area contributed by atoms with E-state index < -0.39 is 17.8 Å². The SMILES string of the molecule is CC(C)NC(=O)NC(=O)C[NH+](C)Cc1c(F)cccc1Cl. The molecule has 21 heavy (non-hydrogen) atoms. The highest BCUT2D eigenvalue weighted by atomic mass is 35.5. The van der Waals surface area contributed by atoms with Crippen LogP contribution in [0.1, 0.15) is 19.4 Å². The molecule has 0 saturated heterocycles. The van der Waals surface area contributed by atoms with Crippen molar-refractivity contribution in [1.82, 2.24) is 10.6 Å². The lowest BCUT2D eigenvalue weighted by Gasteiger charge is -2.15. The van der Waals surface area contributed by atoms with Gasteiger partial charge in [0.25, 0.3) is 5.91 Å². The van der Waals surface area contributed by atoms with Crippen LogP contribution in [0.2, 0.25) is 5.02 Å². The molecule has 116 valence electrons. The Balaban J connectivity index is 2.52. The van der Waals surface area contributed by atoms with E-state index in [1.54, 1.807) is 27.0 Å². The van der Waals surface area contributed by atoms with Crippen molar-refractivity contribution in [2.45, 2.75) is 26.4 Å². The van der Waals surface area contributed by atoms with Crippen molar-refractivity contribution in [3.63, 3.8) is 0 Å². The molecule has 1 aromatic carbocycles. The Kier molecular flexibility index (Phi) is 6.58. The van der Waals surface area contributed by atoms with E-state index in [-0.39, 0.29) is 19.1 Å². The summed E-state index contributed by atoms with van der Waals surface area (Å²) < 4.78 is 13.6. The third-order valence-corrected chi connectivity index (χ3v) is 3.03. The van der Waals surface area contributed by atoms with Gasteiger partial charge in [-0.15, -0.1) is 0 Å². The molecule has 0 radical (unpaired) electrons. The van der Waals surface area contributed by atoms with Gasteiger partial charge < -0.3 is 10.2 Å². The number of halogens is 2. The quantitative estimate of drug-likeness (QED) is 0.750. The van der Waals surface area contributed by atoms with Crippen LogP contribution in [0, 0.1) is 5.82 Å². The van der Waals surface area contributed by atoms with E-state index in [1.165, 1.54) is 12.1 Å². The molecule has 0 fully saturated rings. The Morgan fingerprint density at radius 1 is 1.38 bits per heavy atom. The fourth-order valence-corrected chi connectivity index (χ4v) is 2.04. The fraction of sp³-hybridized carbons (Fsp3) is 0.429. The summed E-state index contributed by atoms with van der Waals surface area (Å²) in [6.45, 7) is 3.88. The van der Waals surface area contributed by atoms with Gasteiger partial charge in [-0.25, -0.2) is 9.18 Å². The number of imide groups is 1. The van der Waals surface area contributed by atoms with Crippen LogP contribution < -0.4 is 15.5 Å². The zero-order valence-corrected chi connectivity index (χ0v) is 13.1. The van der Waals surface area contributed by atoms with E-state index in [4.69, 9.17) is 11.6 Å². The molecular weight excluding hydrogens is 297 g/mol. The minimum absolute atomic E-state index is 0.0379. The Morgan fingerprint density at radius 3 is 2.62 bits per heavy atom. The van der Waals surface area contributed by atoms with Crippen molar-refractivity contribution >= 4 is 23.5 Å². The number of hydrogen-bond acceptors (Lipinski definition) is 2. The number of hydrogen-bond donors (Lipinski definition) is 3. The van der Waals surface area contributed by atoms with Crippen LogP contribution in [0.5, 0.6) is 0 Å². The van der Waals surface area contributed by atoms with Crippen LogP contribution >= 0.6 is 11.6 Å². The first-order valence-corrected chi connectivity index (χ1v) is 7.02. The minimum Gasteiger partial charge on any atom is -0.336 e. The zero-order valence-electron chi connectivity index (χ0n) is 12.3. The maximum Gasteiger partial charge on any atom is 0.321 e. The molecule has 0 aliphatic rings. The summed E-state index contributed by atoms with van der Waals surface area (Å²) in [7, 11) is 1.72. The number of nitrogens with one attached hydrogen (secondary N) is 3. The van der Waals surface area contributed by atoms with Gasteiger partial charge in [0.15, 0.2) is 6.54 Å². The van der Waals surface area contributed by atoms with Crippen LogP contribution in [0.25, 0.3) is 0 Å². The average molecular weight is 317 g/mol. The van der Waals surface area contributed by atoms with Gasteiger partial charge in [-0.1, -0.05) is 17.7 Å². The highest BCUT2D eigenvalue weighted by molar-refractivity contribution is 6.31. The Bertz CT molecular complexity index is 503. The number of benzene rings is 1. The first-order valence-electron chi connectivity index (χ1n) is 6.64.